The molecule has 0 saturated carbocycles. The molecule has 2 N–H and O–H groups in total. The first-order valence-corrected chi connectivity index (χ1v) is 5.13. The van der Waals surface area contributed by atoms with Gasteiger partial charge in [0.05, 0.1) is 5.69 Å². The number of phenolic OH excluding ortho intramolecular Hbond substituents is 1. The van der Waals surface area contributed by atoms with Crippen molar-refractivity contribution in [3.63, 3.8) is 0 Å². The molecule has 0 spiro atoms. The summed E-state index contributed by atoms with van der Waals surface area (Å²) in [4.78, 5) is 10.7. The Bertz CT molecular complexity index is 498. The van der Waals surface area contributed by atoms with Crippen LogP contribution in [-0.4, -0.2) is 17.1 Å². The first-order chi connectivity index (χ1) is 8.20. The van der Waals surface area contributed by atoms with Crippen molar-refractivity contribution in [2.45, 2.75) is 13.1 Å². The molecule has 0 saturated heterocycles. The van der Waals surface area contributed by atoms with Gasteiger partial charge in [0.2, 0.25) is 0 Å². The Labute approximate surface area is 106 Å². The molecule has 3 nitrogen and oxygen atoms in total. The van der Waals surface area contributed by atoms with Crippen LogP contribution in [0, 0.1) is 0 Å². The summed E-state index contributed by atoms with van der Waals surface area (Å²) in [6.07, 6.45) is -4.51. The Morgan fingerprint density at radius 1 is 1.44 bits per heavy atom. The van der Waals surface area contributed by atoms with E-state index in [9.17, 15) is 23.1 Å². The smallest absolute Gasteiger partial charge is 0.454 e. The second-order valence-electron chi connectivity index (χ2n) is 3.48. The lowest BCUT2D eigenvalue weighted by Crippen LogP contribution is -2.21. The molecule has 0 unspecified atom stereocenters. The van der Waals surface area contributed by atoms with Crippen LogP contribution in [0.5, 0.6) is 5.75 Å². The molecule has 0 bridgehead atoms. The number of benzene rings is 1. The van der Waals surface area contributed by atoms with Gasteiger partial charge >= 0.3 is 6.18 Å². The monoisotopic (exact) mass is 279 g/mol. The van der Waals surface area contributed by atoms with E-state index in [2.05, 4.69) is 5.32 Å². The predicted octanol–water partition coefficient (Wildman–Crippen LogP) is 3.49. The van der Waals surface area contributed by atoms with Gasteiger partial charge in [-0.15, -0.1) is 0 Å². The summed E-state index contributed by atoms with van der Waals surface area (Å²) in [6.45, 7) is 1.27. The summed E-state index contributed by atoms with van der Waals surface area (Å²) in [5.74, 6) is -2.17. The maximum Gasteiger partial charge on any atom is 0.454 e. The van der Waals surface area contributed by atoms with E-state index in [0.29, 0.717) is 11.1 Å². The third-order valence-electron chi connectivity index (χ3n) is 1.92. The zero-order valence-corrected chi connectivity index (χ0v) is 9.93. The van der Waals surface area contributed by atoms with Crippen LogP contribution >= 0.6 is 11.6 Å². The van der Waals surface area contributed by atoms with Crippen molar-refractivity contribution in [1.82, 2.24) is 0 Å². The molecule has 0 amide bonds. The normalized spacial score (nSPS) is 12.4. The molecule has 0 aliphatic carbocycles. The van der Waals surface area contributed by atoms with Crippen LogP contribution in [0.25, 0.3) is 0 Å². The second-order valence-corrected chi connectivity index (χ2v) is 3.91. The second kappa shape index (κ2) is 5.30. The van der Waals surface area contributed by atoms with Crippen molar-refractivity contribution in [2.75, 3.05) is 5.32 Å². The third-order valence-corrected chi connectivity index (χ3v) is 2.15. The minimum atomic E-state index is -4.92. The van der Waals surface area contributed by atoms with E-state index in [0.717, 1.165) is 0 Å². The number of alkyl halides is 3. The van der Waals surface area contributed by atoms with Gasteiger partial charge in [-0.25, -0.2) is 0 Å². The minimum Gasteiger partial charge on any atom is -0.506 e. The maximum atomic E-state index is 12.0. The van der Waals surface area contributed by atoms with Crippen molar-refractivity contribution >= 4 is 23.1 Å². The molecule has 7 heteroatoms. The Morgan fingerprint density at radius 3 is 2.61 bits per heavy atom. The summed E-state index contributed by atoms with van der Waals surface area (Å²) in [5.41, 5.74) is 0.0566. The number of carbonyl (C=O) groups is 1. The van der Waals surface area contributed by atoms with Gasteiger partial charge in [0.15, 0.2) is 0 Å². The number of halogens is 4. The number of phenols is 1. The number of hydrogen-bond acceptors (Lipinski definition) is 3. The first kappa shape index (κ1) is 14.4. The topological polar surface area (TPSA) is 49.3 Å². The number of rotatable bonds is 3. The molecule has 0 heterocycles. The summed E-state index contributed by atoms with van der Waals surface area (Å²) in [5, 5.41) is 12.2. The van der Waals surface area contributed by atoms with Crippen LogP contribution in [0.3, 0.4) is 0 Å². The van der Waals surface area contributed by atoms with E-state index < -0.39 is 12.0 Å². The lowest BCUT2D eigenvalue weighted by molar-refractivity contribution is -0.165. The highest BCUT2D eigenvalue weighted by molar-refractivity contribution is 6.30. The SMILES string of the molecule is C/C(=C/C(=O)C(F)(F)F)Nc1cc(Cl)ccc1O. The molecule has 0 aliphatic heterocycles. The lowest BCUT2D eigenvalue weighted by Gasteiger charge is -2.09. The zero-order chi connectivity index (χ0) is 13.9. The predicted molar refractivity (Wildman–Crippen MR) is 61.6 cm³/mol. The number of anilines is 1. The number of allylic oxidation sites excluding steroid dienone is 2. The summed E-state index contributed by atoms with van der Waals surface area (Å²) < 4.78 is 36.0. The molecule has 0 fully saturated rings. The highest BCUT2D eigenvalue weighted by Gasteiger charge is 2.36. The van der Waals surface area contributed by atoms with Crippen molar-refractivity contribution in [1.29, 1.82) is 0 Å². The third kappa shape index (κ3) is 3.96. The van der Waals surface area contributed by atoms with E-state index in [1.54, 1.807) is 0 Å². The average Bonchev–Trinajstić information content (AvgIpc) is 2.22. The van der Waals surface area contributed by atoms with Gasteiger partial charge in [-0.05, 0) is 25.1 Å². The first-order valence-electron chi connectivity index (χ1n) is 4.75. The van der Waals surface area contributed by atoms with Gasteiger partial charge < -0.3 is 10.4 Å². The molecule has 0 atom stereocenters. The van der Waals surface area contributed by atoms with Crippen LogP contribution < -0.4 is 5.32 Å². The lowest BCUT2D eigenvalue weighted by atomic mass is 10.2. The van der Waals surface area contributed by atoms with Crippen LogP contribution in [0.2, 0.25) is 5.02 Å². The number of ketones is 1. The Kier molecular flexibility index (Phi) is 4.24. The van der Waals surface area contributed by atoms with Crippen LogP contribution in [0.4, 0.5) is 18.9 Å². The number of hydrogen-bond donors (Lipinski definition) is 2. The molecular weight excluding hydrogens is 271 g/mol. The fourth-order valence-corrected chi connectivity index (χ4v) is 1.31. The molecule has 1 rings (SSSR count). The maximum absolute atomic E-state index is 12.0. The molecular formula is C11H9ClF3NO2. The molecule has 1 aromatic carbocycles. The molecule has 0 aromatic heterocycles. The number of aromatic hydroxyl groups is 1. The van der Waals surface area contributed by atoms with Crippen LogP contribution in [0.15, 0.2) is 30.0 Å². The van der Waals surface area contributed by atoms with E-state index in [-0.39, 0.29) is 17.1 Å². The summed E-state index contributed by atoms with van der Waals surface area (Å²) in [7, 11) is 0. The fourth-order valence-electron chi connectivity index (χ4n) is 1.14. The minimum absolute atomic E-state index is 0.0603. The molecule has 18 heavy (non-hydrogen) atoms. The Balaban J connectivity index is 2.88. The largest absolute Gasteiger partial charge is 0.506 e. The summed E-state index contributed by atoms with van der Waals surface area (Å²) >= 11 is 5.66. The van der Waals surface area contributed by atoms with Gasteiger partial charge in [-0.3, -0.25) is 4.79 Å². The van der Waals surface area contributed by atoms with Gasteiger partial charge in [0, 0.05) is 16.8 Å². The Morgan fingerprint density at radius 2 is 2.06 bits per heavy atom. The summed E-state index contributed by atoms with van der Waals surface area (Å²) in [6, 6.07) is 4.03. The average molecular weight is 280 g/mol. The van der Waals surface area contributed by atoms with Gasteiger partial charge in [0.1, 0.15) is 5.75 Å². The van der Waals surface area contributed by atoms with Gasteiger partial charge in [-0.1, -0.05) is 11.6 Å². The van der Waals surface area contributed by atoms with Crippen molar-refractivity contribution in [2.24, 2.45) is 0 Å². The van der Waals surface area contributed by atoms with E-state index in [4.69, 9.17) is 11.6 Å². The Hall–Kier alpha value is -1.69. The number of nitrogens with one attached hydrogen (secondary N) is 1. The van der Waals surface area contributed by atoms with Gasteiger partial charge in [0.25, 0.3) is 5.78 Å². The highest BCUT2D eigenvalue weighted by atomic mass is 35.5. The molecule has 98 valence electrons. The van der Waals surface area contributed by atoms with Crippen molar-refractivity contribution in [3.05, 3.63) is 35.0 Å². The van der Waals surface area contributed by atoms with Crippen molar-refractivity contribution in [3.8, 4) is 5.75 Å². The van der Waals surface area contributed by atoms with Crippen molar-refractivity contribution < 1.29 is 23.1 Å². The zero-order valence-electron chi connectivity index (χ0n) is 9.18. The number of carbonyl (C=O) groups excluding carboxylic acids is 1. The van der Waals surface area contributed by atoms with E-state index in [1.165, 1.54) is 25.1 Å². The molecule has 0 aliphatic rings. The van der Waals surface area contributed by atoms with Crippen LogP contribution in [0.1, 0.15) is 6.92 Å². The van der Waals surface area contributed by atoms with Gasteiger partial charge in [-0.2, -0.15) is 13.2 Å². The quantitative estimate of drug-likeness (QED) is 0.658. The van der Waals surface area contributed by atoms with E-state index >= 15 is 0 Å². The highest BCUT2D eigenvalue weighted by Crippen LogP contribution is 2.28. The standard InChI is InChI=1S/C11H9ClF3NO2/c1-6(4-10(18)11(13,14)15)16-8-5-7(12)2-3-9(8)17/h2-5,16-17H,1H3/b6-4-. The van der Waals surface area contributed by atoms with E-state index in [1.807, 2.05) is 0 Å². The van der Waals surface area contributed by atoms with Crippen LogP contribution in [-0.2, 0) is 4.79 Å². The molecule has 0 radical (unpaired) electrons. The molecule has 1 aromatic rings. The fraction of sp³-hybridized carbons (Fsp3) is 0.182.